The Hall–Kier alpha value is -1.36. The second kappa shape index (κ2) is 10.4. The Balaban J connectivity index is 2.24. The summed E-state index contributed by atoms with van der Waals surface area (Å²) in [7, 11) is -3.98. The molecule has 0 fully saturated rings. The fourth-order valence-corrected chi connectivity index (χ4v) is 3.21. The largest absolute Gasteiger partial charge is 0.342 e. The summed E-state index contributed by atoms with van der Waals surface area (Å²) in [5.74, 6) is -0.670. The first-order chi connectivity index (χ1) is 11.0. The molecule has 0 radical (unpaired) electrons. The molecule has 0 unspecified atom stereocenters. The highest BCUT2D eigenvalue weighted by atomic mass is 32.2. The van der Waals surface area contributed by atoms with Crippen LogP contribution < -0.4 is 0 Å². The minimum atomic E-state index is -3.98. The third-order valence-electron chi connectivity index (χ3n) is 3.75. The van der Waals surface area contributed by atoms with Gasteiger partial charge in [-0.05, 0) is 25.5 Å². The van der Waals surface area contributed by atoms with E-state index in [-0.39, 0.29) is 11.3 Å². The van der Waals surface area contributed by atoms with E-state index in [1.165, 1.54) is 44.2 Å². The average molecular weight is 340 g/mol. The van der Waals surface area contributed by atoms with Crippen molar-refractivity contribution < 1.29 is 17.4 Å². The number of carbonyl (C=O) groups excluding carboxylic acids is 1. The maximum absolute atomic E-state index is 11.9. The lowest BCUT2D eigenvalue weighted by atomic mass is 10.1. The molecular formula is C18H28O4S. The van der Waals surface area contributed by atoms with Crippen molar-refractivity contribution in [1.82, 2.24) is 0 Å². The van der Waals surface area contributed by atoms with E-state index in [0.717, 1.165) is 18.4 Å². The number of unbranched alkanes of at least 4 members (excludes halogenated alkanes) is 7. The van der Waals surface area contributed by atoms with Crippen molar-refractivity contribution in [3.05, 3.63) is 29.8 Å². The molecular weight excluding hydrogens is 312 g/mol. The van der Waals surface area contributed by atoms with Crippen molar-refractivity contribution in [1.29, 1.82) is 0 Å². The summed E-state index contributed by atoms with van der Waals surface area (Å²) in [6.07, 6.45) is 9.05. The summed E-state index contributed by atoms with van der Waals surface area (Å²) in [6.45, 7) is 4.06. The van der Waals surface area contributed by atoms with Crippen molar-refractivity contribution >= 4 is 16.1 Å². The molecule has 130 valence electrons. The maximum atomic E-state index is 11.9. The van der Waals surface area contributed by atoms with Gasteiger partial charge in [0.2, 0.25) is 0 Å². The molecule has 0 bridgehead atoms. The van der Waals surface area contributed by atoms with Gasteiger partial charge in [-0.3, -0.25) is 4.79 Å². The number of rotatable bonds is 11. The summed E-state index contributed by atoms with van der Waals surface area (Å²) in [5, 5.41) is 0. The van der Waals surface area contributed by atoms with Gasteiger partial charge in [-0.1, -0.05) is 69.6 Å². The molecule has 1 rings (SSSR count). The van der Waals surface area contributed by atoms with E-state index < -0.39 is 16.1 Å². The van der Waals surface area contributed by atoms with Crippen LogP contribution in [0.5, 0.6) is 0 Å². The Kier molecular flexibility index (Phi) is 8.92. The number of hydrogen-bond acceptors (Lipinski definition) is 4. The molecule has 0 saturated carbocycles. The van der Waals surface area contributed by atoms with E-state index in [2.05, 4.69) is 11.1 Å². The lowest BCUT2D eigenvalue weighted by molar-refractivity contribution is -0.133. The van der Waals surface area contributed by atoms with Crippen LogP contribution in [0.1, 0.15) is 70.3 Å². The van der Waals surface area contributed by atoms with Crippen molar-refractivity contribution in [2.75, 3.05) is 0 Å². The minimum Gasteiger partial charge on any atom is -0.342 e. The third-order valence-corrected chi connectivity index (χ3v) is 5.00. The Labute approximate surface area is 140 Å². The average Bonchev–Trinajstić information content (AvgIpc) is 2.50. The number of aryl methyl sites for hydroxylation is 1. The van der Waals surface area contributed by atoms with Crippen LogP contribution in [0.3, 0.4) is 0 Å². The molecule has 0 N–H and O–H groups in total. The predicted octanol–water partition coefficient (Wildman–Crippen LogP) is 4.76. The molecule has 0 aliphatic rings. The second-order valence-electron chi connectivity index (χ2n) is 5.95. The lowest BCUT2D eigenvalue weighted by Crippen LogP contribution is -2.13. The first-order valence-electron chi connectivity index (χ1n) is 8.49. The van der Waals surface area contributed by atoms with Crippen LogP contribution in [0.15, 0.2) is 29.2 Å². The van der Waals surface area contributed by atoms with E-state index in [1.54, 1.807) is 12.1 Å². The molecule has 0 saturated heterocycles. The fraction of sp³-hybridized carbons (Fsp3) is 0.611. The molecule has 1 aromatic carbocycles. The van der Waals surface area contributed by atoms with Crippen LogP contribution in [0.4, 0.5) is 0 Å². The molecule has 1 aromatic rings. The van der Waals surface area contributed by atoms with E-state index in [4.69, 9.17) is 0 Å². The normalized spacial score (nSPS) is 11.4. The van der Waals surface area contributed by atoms with Gasteiger partial charge in [0.25, 0.3) is 0 Å². The molecule has 0 aliphatic carbocycles. The highest BCUT2D eigenvalue weighted by Crippen LogP contribution is 2.15. The zero-order chi connectivity index (χ0) is 17.1. The van der Waals surface area contributed by atoms with Gasteiger partial charge < -0.3 is 4.18 Å². The summed E-state index contributed by atoms with van der Waals surface area (Å²) >= 11 is 0. The molecule has 0 aliphatic heterocycles. The fourth-order valence-electron chi connectivity index (χ4n) is 2.32. The summed E-state index contributed by atoms with van der Waals surface area (Å²) in [6, 6.07) is 6.26. The molecule has 5 heteroatoms. The van der Waals surface area contributed by atoms with E-state index in [9.17, 15) is 13.2 Å². The smallest absolute Gasteiger partial charge is 0.341 e. The van der Waals surface area contributed by atoms with Crippen LogP contribution in [-0.2, 0) is 19.1 Å². The van der Waals surface area contributed by atoms with Gasteiger partial charge in [-0.15, -0.1) is 0 Å². The Morgan fingerprint density at radius 2 is 1.43 bits per heavy atom. The van der Waals surface area contributed by atoms with Crippen LogP contribution in [0, 0.1) is 6.92 Å². The summed E-state index contributed by atoms with van der Waals surface area (Å²) < 4.78 is 28.5. The van der Waals surface area contributed by atoms with Crippen molar-refractivity contribution in [2.45, 2.75) is 76.5 Å². The van der Waals surface area contributed by atoms with E-state index >= 15 is 0 Å². The first-order valence-corrected chi connectivity index (χ1v) is 9.90. The number of carbonyl (C=O) groups is 1. The van der Waals surface area contributed by atoms with Crippen LogP contribution in [0.2, 0.25) is 0 Å². The van der Waals surface area contributed by atoms with Crippen LogP contribution >= 0.6 is 0 Å². The monoisotopic (exact) mass is 340 g/mol. The molecule has 4 nitrogen and oxygen atoms in total. The highest BCUT2D eigenvalue weighted by Gasteiger charge is 2.19. The molecule has 0 amide bonds. The third kappa shape index (κ3) is 8.16. The molecule has 23 heavy (non-hydrogen) atoms. The van der Waals surface area contributed by atoms with Crippen molar-refractivity contribution in [3.63, 3.8) is 0 Å². The van der Waals surface area contributed by atoms with Crippen molar-refractivity contribution in [2.24, 2.45) is 0 Å². The standard InChI is InChI=1S/C18H28O4S/c1-3-4-5-6-7-8-9-10-11-18(19)22-23(20,21)17-14-12-16(2)13-15-17/h12-15H,3-11H2,1-2H3. The highest BCUT2D eigenvalue weighted by molar-refractivity contribution is 7.87. The van der Waals surface area contributed by atoms with Gasteiger partial charge >= 0.3 is 16.1 Å². The van der Waals surface area contributed by atoms with Gasteiger partial charge in [-0.25, -0.2) is 0 Å². The lowest BCUT2D eigenvalue weighted by Gasteiger charge is -2.06. The van der Waals surface area contributed by atoms with Gasteiger partial charge in [0.05, 0.1) is 0 Å². The summed E-state index contributed by atoms with van der Waals surface area (Å²) in [4.78, 5) is 11.7. The second-order valence-corrected chi connectivity index (χ2v) is 7.49. The molecule has 0 aromatic heterocycles. The minimum absolute atomic E-state index is 0.0207. The van der Waals surface area contributed by atoms with Gasteiger partial charge in [0.1, 0.15) is 4.90 Å². The zero-order valence-corrected chi connectivity index (χ0v) is 15.0. The van der Waals surface area contributed by atoms with Crippen LogP contribution in [0.25, 0.3) is 0 Å². The predicted molar refractivity (Wildman–Crippen MR) is 91.7 cm³/mol. The Bertz CT molecular complexity index is 561. The Morgan fingerprint density at radius 3 is 2.00 bits per heavy atom. The molecule has 0 atom stereocenters. The quantitative estimate of drug-likeness (QED) is 0.430. The van der Waals surface area contributed by atoms with Gasteiger partial charge in [-0.2, -0.15) is 8.42 Å². The molecule has 0 spiro atoms. The van der Waals surface area contributed by atoms with Gasteiger partial charge in [0, 0.05) is 6.42 Å². The first kappa shape index (κ1) is 19.7. The van der Waals surface area contributed by atoms with Crippen molar-refractivity contribution in [3.8, 4) is 0 Å². The number of hydrogen-bond donors (Lipinski definition) is 0. The summed E-state index contributed by atoms with van der Waals surface area (Å²) in [5.41, 5.74) is 0.953. The number of benzene rings is 1. The zero-order valence-electron chi connectivity index (χ0n) is 14.2. The van der Waals surface area contributed by atoms with Gasteiger partial charge in [0.15, 0.2) is 0 Å². The van der Waals surface area contributed by atoms with E-state index in [1.807, 2.05) is 6.92 Å². The van der Waals surface area contributed by atoms with Crippen LogP contribution in [-0.4, -0.2) is 14.4 Å². The maximum Gasteiger partial charge on any atom is 0.341 e. The Morgan fingerprint density at radius 1 is 0.913 bits per heavy atom. The topological polar surface area (TPSA) is 60.4 Å². The van der Waals surface area contributed by atoms with E-state index in [0.29, 0.717) is 6.42 Å². The SMILES string of the molecule is CCCCCCCCCCC(=O)OS(=O)(=O)c1ccc(C)cc1. The molecule has 0 heterocycles.